The van der Waals surface area contributed by atoms with Crippen molar-refractivity contribution in [2.24, 2.45) is 0 Å². The summed E-state index contributed by atoms with van der Waals surface area (Å²) in [6, 6.07) is 16.6. The number of carbonyl (C=O) groups is 1. The molecule has 0 aliphatic rings. The smallest absolute Gasteiger partial charge is 0.265 e. The second kappa shape index (κ2) is 7.28. The Bertz CT molecular complexity index is 687. The van der Waals surface area contributed by atoms with E-state index < -0.39 is 6.10 Å². The number of ether oxygens (including phenoxy) is 1. The molecule has 0 aliphatic carbocycles. The number of benzene rings is 2. The summed E-state index contributed by atoms with van der Waals surface area (Å²) in [5.41, 5.74) is 2.35. The number of nitriles is 1. The summed E-state index contributed by atoms with van der Waals surface area (Å²) in [6.07, 6.45) is 0.263. The van der Waals surface area contributed by atoms with E-state index in [1.807, 2.05) is 30.3 Å². The van der Waals surface area contributed by atoms with Gasteiger partial charge in [0.05, 0.1) is 5.56 Å². The van der Waals surface area contributed by atoms with Crippen LogP contribution in [-0.4, -0.2) is 12.0 Å². The highest BCUT2D eigenvalue weighted by atomic mass is 16.5. The summed E-state index contributed by atoms with van der Waals surface area (Å²) in [5.74, 6) is 0.158. The van der Waals surface area contributed by atoms with Crippen LogP contribution in [0.1, 0.15) is 25.0 Å². The van der Waals surface area contributed by atoms with Gasteiger partial charge in [0, 0.05) is 5.69 Å². The third-order valence-electron chi connectivity index (χ3n) is 3.31. The minimum absolute atomic E-state index is 0.253. The zero-order chi connectivity index (χ0) is 15.9. The lowest BCUT2D eigenvalue weighted by Crippen LogP contribution is -2.30. The number of amides is 1. The lowest BCUT2D eigenvalue weighted by molar-refractivity contribution is -0.122. The number of nitrogens with zero attached hydrogens (tertiary/aromatic N) is 1. The second-order valence-corrected chi connectivity index (χ2v) is 4.91. The Morgan fingerprint density at radius 1 is 1.23 bits per heavy atom. The second-order valence-electron chi connectivity index (χ2n) is 4.91. The molecule has 0 aromatic heterocycles. The van der Waals surface area contributed by atoms with Crippen LogP contribution in [0.4, 0.5) is 5.69 Å². The molecular weight excluding hydrogens is 276 g/mol. The van der Waals surface area contributed by atoms with Gasteiger partial charge in [0.1, 0.15) is 11.8 Å². The van der Waals surface area contributed by atoms with Crippen molar-refractivity contribution in [2.45, 2.75) is 26.4 Å². The Labute approximate surface area is 130 Å². The van der Waals surface area contributed by atoms with Crippen LogP contribution in [0.3, 0.4) is 0 Å². The van der Waals surface area contributed by atoms with Gasteiger partial charge in [0.15, 0.2) is 6.10 Å². The van der Waals surface area contributed by atoms with Crippen LogP contribution in [0.25, 0.3) is 0 Å². The Kier molecular flexibility index (Phi) is 5.16. The maximum absolute atomic E-state index is 12.2. The van der Waals surface area contributed by atoms with Gasteiger partial charge < -0.3 is 10.1 Å². The molecule has 0 bridgehead atoms. The molecule has 0 heterocycles. The molecule has 0 spiro atoms. The van der Waals surface area contributed by atoms with Crippen LogP contribution in [-0.2, 0) is 11.2 Å². The molecule has 2 aromatic rings. The minimum atomic E-state index is -0.694. The molecule has 2 rings (SSSR count). The molecule has 0 saturated carbocycles. The van der Waals surface area contributed by atoms with E-state index in [1.165, 1.54) is 5.56 Å². The standard InChI is InChI=1S/C18H18N2O2/c1-3-14-8-10-16(11-9-14)20-18(21)13(2)22-17-7-5-4-6-15(17)12-19/h4-11,13H,3H2,1-2H3,(H,20,21)/t13-/m0/s1. The highest BCUT2D eigenvalue weighted by Gasteiger charge is 2.16. The van der Waals surface area contributed by atoms with E-state index in [2.05, 4.69) is 12.2 Å². The molecule has 1 atom stereocenters. The maximum atomic E-state index is 12.2. The first-order valence-corrected chi connectivity index (χ1v) is 7.19. The topological polar surface area (TPSA) is 62.1 Å². The molecule has 4 nitrogen and oxygen atoms in total. The fourth-order valence-electron chi connectivity index (χ4n) is 1.97. The third kappa shape index (κ3) is 3.86. The average Bonchev–Trinajstić information content (AvgIpc) is 2.56. The van der Waals surface area contributed by atoms with Crippen molar-refractivity contribution in [3.8, 4) is 11.8 Å². The van der Waals surface area contributed by atoms with E-state index in [9.17, 15) is 4.79 Å². The van der Waals surface area contributed by atoms with Crippen molar-refractivity contribution in [1.29, 1.82) is 5.26 Å². The summed E-state index contributed by atoms with van der Waals surface area (Å²) in [7, 11) is 0. The van der Waals surface area contributed by atoms with Crippen molar-refractivity contribution in [1.82, 2.24) is 0 Å². The average molecular weight is 294 g/mol. The van der Waals surface area contributed by atoms with E-state index in [1.54, 1.807) is 31.2 Å². The van der Waals surface area contributed by atoms with Crippen molar-refractivity contribution >= 4 is 11.6 Å². The number of hydrogen-bond donors (Lipinski definition) is 1. The Hall–Kier alpha value is -2.80. The minimum Gasteiger partial charge on any atom is -0.480 e. The quantitative estimate of drug-likeness (QED) is 0.917. The van der Waals surface area contributed by atoms with E-state index >= 15 is 0 Å². The third-order valence-corrected chi connectivity index (χ3v) is 3.31. The van der Waals surface area contributed by atoms with Crippen LogP contribution in [0.2, 0.25) is 0 Å². The summed E-state index contributed by atoms with van der Waals surface area (Å²) in [6.45, 7) is 3.74. The SMILES string of the molecule is CCc1ccc(NC(=O)[C@H](C)Oc2ccccc2C#N)cc1. The van der Waals surface area contributed by atoms with Gasteiger partial charge in [0.2, 0.25) is 0 Å². The summed E-state index contributed by atoms with van der Waals surface area (Å²) >= 11 is 0. The molecule has 0 unspecified atom stereocenters. The molecular formula is C18H18N2O2. The van der Waals surface area contributed by atoms with Crippen LogP contribution >= 0.6 is 0 Å². The first kappa shape index (κ1) is 15.6. The maximum Gasteiger partial charge on any atom is 0.265 e. The number of nitrogens with one attached hydrogen (secondary N) is 1. The summed E-state index contributed by atoms with van der Waals surface area (Å²) in [4.78, 5) is 12.2. The number of anilines is 1. The first-order valence-electron chi connectivity index (χ1n) is 7.19. The number of para-hydroxylation sites is 1. The molecule has 2 aromatic carbocycles. The summed E-state index contributed by atoms with van der Waals surface area (Å²) < 4.78 is 5.58. The summed E-state index contributed by atoms with van der Waals surface area (Å²) in [5, 5.41) is 11.8. The highest BCUT2D eigenvalue weighted by molar-refractivity contribution is 5.94. The number of hydrogen-bond acceptors (Lipinski definition) is 3. The fraction of sp³-hybridized carbons (Fsp3) is 0.222. The van der Waals surface area contributed by atoms with Crippen LogP contribution in [0.5, 0.6) is 5.75 Å². The lowest BCUT2D eigenvalue weighted by atomic mass is 10.1. The fourth-order valence-corrected chi connectivity index (χ4v) is 1.97. The molecule has 0 fully saturated rings. The van der Waals surface area contributed by atoms with Gasteiger partial charge >= 0.3 is 0 Å². The molecule has 4 heteroatoms. The predicted molar refractivity (Wildman–Crippen MR) is 85.7 cm³/mol. The van der Waals surface area contributed by atoms with E-state index in [0.717, 1.165) is 12.1 Å². The molecule has 112 valence electrons. The molecule has 0 saturated heterocycles. The zero-order valence-corrected chi connectivity index (χ0v) is 12.7. The largest absolute Gasteiger partial charge is 0.480 e. The van der Waals surface area contributed by atoms with Crippen LogP contribution in [0, 0.1) is 11.3 Å². The van der Waals surface area contributed by atoms with E-state index in [0.29, 0.717) is 11.3 Å². The number of aryl methyl sites for hydroxylation is 1. The van der Waals surface area contributed by atoms with Gasteiger partial charge in [-0.1, -0.05) is 31.2 Å². The number of rotatable bonds is 5. The Morgan fingerprint density at radius 2 is 1.91 bits per heavy atom. The monoisotopic (exact) mass is 294 g/mol. The van der Waals surface area contributed by atoms with Crippen molar-refractivity contribution in [3.05, 3.63) is 59.7 Å². The van der Waals surface area contributed by atoms with Crippen LogP contribution < -0.4 is 10.1 Å². The van der Waals surface area contributed by atoms with Gasteiger partial charge in [-0.3, -0.25) is 4.79 Å². The van der Waals surface area contributed by atoms with Crippen LogP contribution in [0.15, 0.2) is 48.5 Å². The van der Waals surface area contributed by atoms with E-state index in [-0.39, 0.29) is 5.91 Å². The normalized spacial score (nSPS) is 11.3. The van der Waals surface area contributed by atoms with Gasteiger partial charge in [-0.2, -0.15) is 5.26 Å². The Morgan fingerprint density at radius 3 is 2.55 bits per heavy atom. The predicted octanol–water partition coefficient (Wildman–Crippen LogP) is 3.53. The lowest BCUT2D eigenvalue weighted by Gasteiger charge is -2.15. The van der Waals surface area contributed by atoms with Gasteiger partial charge in [-0.05, 0) is 43.2 Å². The zero-order valence-electron chi connectivity index (χ0n) is 12.7. The molecule has 1 amide bonds. The van der Waals surface area contributed by atoms with Crippen molar-refractivity contribution in [3.63, 3.8) is 0 Å². The highest BCUT2D eigenvalue weighted by Crippen LogP contribution is 2.19. The van der Waals surface area contributed by atoms with Gasteiger partial charge in [0.25, 0.3) is 5.91 Å². The van der Waals surface area contributed by atoms with Crippen molar-refractivity contribution < 1.29 is 9.53 Å². The first-order chi connectivity index (χ1) is 10.6. The molecule has 0 radical (unpaired) electrons. The van der Waals surface area contributed by atoms with E-state index in [4.69, 9.17) is 10.00 Å². The molecule has 22 heavy (non-hydrogen) atoms. The Balaban J connectivity index is 2.01. The number of carbonyl (C=O) groups excluding carboxylic acids is 1. The molecule has 0 aliphatic heterocycles. The van der Waals surface area contributed by atoms with Gasteiger partial charge in [-0.25, -0.2) is 0 Å². The van der Waals surface area contributed by atoms with Crippen molar-refractivity contribution in [2.75, 3.05) is 5.32 Å². The molecule has 1 N–H and O–H groups in total. The van der Waals surface area contributed by atoms with Gasteiger partial charge in [-0.15, -0.1) is 0 Å².